The Kier molecular flexibility index (Phi) is 3.31. The lowest BCUT2D eigenvalue weighted by Gasteiger charge is -2.23. The van der Waals surface area contributed by atoms with Gasteiger partial charge in [-0.05, 0) is 25.1 Å². The first-order chi connectivity index (χ1) is 9.13. The Morgan fingerprint density at radius 3 is 2.89 bits per heavy atom. The predicted octanol–water partition coefficient (Wildman–Crippen LogP) is 1.22. The highest BCUT2D eigenvalue weighted by Crippen LogP contribution is 2.32. The van der Waals surface area contributed by atoms with E-state index in [0.29, 0.717) is 17.1 Å². The van der Waals surface area contributed by atoms with Gasteiger partial charge in [0.05, 0.1) is 11.4 Å². The predicted molar refractivity (Wildman–Crippen MR) is 67.4 cm³/mol. The Bertz CT molecular complexity index is 623. The number of nitrogens with zero attached hydrogens (tertiary/aromatic N) is 3. The van der Waals surface area contributed by atoms with Gasteiger partial charge in [0.2, 0.25) is 5.71 Å². The molecule has 0 bridgehead atoms. The van der Waals surface area contributed by atoms with Gasteiger partial charge in [-0.15, -0.1) is 0 Å². The fourth-order valence-electron chi connectivity index (χ4n) is 1.47. The Balaban J connectivity index is 2.21. The van der Waals surface area contributed by atoms with E-state index in [-0.39, 0.29) is 11.6 Å². The summed E-state index contributed by atoms with van der Waals surface area (Å²) >= 11 is 0. The quantitative estimate of drug-likeness (QED) is 0.609. The highest BCUT2D eigenvalue weighted by molar-refractivity contribution is 6.10. The third kappa shape index (κ3) is 2.61. The van der Waals surface area contributed by atoms with Crippen molar-refractivity contribution in [2.45, 2.75) is 13.0 Å². The number of anilines is 2. The summed E-state index contributed by atoms with van der Waals surface area (Å²) in [6, 6.07) is 8.20. The molecule has 1 aliphatic rings. The summed E-state index contributed by atoms with van der Waals surface area (Å²) in [6.07, 6.45) is -0.534. The van der Waals surface area contributed by atoms with Gasteiger partial charge >= 0.3 is 0 Å². The summed E-state index contributed by atoms with van der Waals surface area (Å²) in [7, 11) is 0. The van der Waals surface area contributed by atoms with Crippen LogP contribution in [0.3, 0.4) is 0 Å². The van der Waals surface area contributed by atoms with Crippen LogP contribution in [0.1, 0.15) is 6.92 Å². The molecule has 0 aliphatic carbocycles. The number of rotatable bonds is 2. The fraction of sp³-hybridized carbons (Fsp3) is 0.167. The van der Waals surface area contributed by atoms with Crippen molar-refractivity contribution >= 4 is 23.0 Å². The van der Waals surface area contributed by atoms with E-state index < -0.39 is 6.10 Å². The van der Waals surface area contributed by atoms with E-state index in [2.05, 4.69) is 15.8 Å². The molecule has 0 fully saturated rings. The smallest absolute Gasteiger partial charge is 0.265 e. The average molecular weight is 255 g/mol. The maximum atomic E-state index is 11.5. The molecular weight excluding hydrogens is 246 g/mol. The first-order valence-corrected chi connectivity index (χ1v) is 5.39. The SMILES string of the molecule is CC1Oc2ccc(NN=C(C#N)C#N)cc2NC1=O. The maximum absolute atomic E-state index is 11.5. The van der Waals surface area contributed by atoms with Crippen molar-refractivity contribution in [1.29, 1.82) is 10.5 Å². The molecule has 0 aromatic heterocycles. The van der Waals surface area contributed by atoms with Crippen molar-refractivity contribution < 1.29 is 9.53 Å². The standard InChI is InChI=1S/C12H9N5O2/c1-7-12(18)15-10-4-8(2-3-11(10)19-7)16-17-9(5-13)6-14/h2-4,7,16H,1H3,(H,15,18). The Hall–Kier alpha value is -3.06. The second kappa shape index (κ2) is 5.07. The molecule has 7 nitrogen and oxygen atoms in total. The van der Waals surface area contributed by atoms with E-state index in [0.717, 1.165) is 0 Å². The van der Waals surface area contributed by atoms with Crippen LogP contribution in [0.4, 0.5) is 11.4 Å². The van der Waals surface area contributed by atoms with Gasteiger partial charge in [0.25, 0.3) is 5.91 Å². The lowest BCUT2D eigenvalue weighted by molar-refractivity contribution is -0.122. The monoisotopic (exact) mass is 255 g/mol. The maximum Gasteiger partial charge on any atom is 0.265 e. The highest BCUT2D eigenvalue weighted by atomic mass is 16.5. The van der Waals surface area contributed by atoms with Crippen LogP contribution in [0.15, 0.2) is 23.3 Å². The summed E-state index contributed by atoms with van der Waals surface area (Å²) in [6.45, 7) is 1.65. The van der Waals surface area contributed by atoms with E-state index in [1.165, 1.54) is 0 Å². The van der Waals surface area contributed by atoms with E-state index in [9.17, 15) is 4.79 Å². The van der Waals surface area contributed by atoms with Crippen LogP contribution >= 0.6 is 0 Å². The number of nitriles is 2. The van der Waals surface area contributed by atoms with Gasteiger partial charge in [-0.1, -0.05) is 0 Å². The number of carbonyl (C=O) groups is 1. The molecular formula is C12H9N5O2. The molecule has 1 aromatic rings. The number of hydrogen-bond acceptors (Lipinski definition) is 6. The van der Waals surface area contributed by atoms with Crippen molar-refractivity contribution in [3.8, 4) is 17.9 Å². The van der Waals surface area contributed by atoms with E-state index >= 15 is 0 Å². The zero-order valence-electron chi connectivity index (χ0n) is 9.97. The first-order valence-electron chi connectivity index (χ1n) is 5.39. The summed E-state index contributed by atoms with van der Waals surface area (Å²) in [5.74, 6) is 0.324. The molecule has 0 saturated carbocycles. The molecule has 1 aromatic carbocycles. The Morgan fingerprint density at radius 2 is 2.21 bits per heavy atom. The lowest BCUT2D eigenvalue weighted by Crippen LogP contribution is -2.34. The first kappa shape index (κ1) is 12.4. The largest absolute Gasteiger partial charge is 0.479 e. The van der Waals surface area contributed by atoms with Gasteiger partial charge in [0, 0.05) is 0 Å². The van der Waals surface area contributed by atoms with Crippen LogP contribution in [-0.2, 0) is 4.79 Å². The minimum absolute atomic E-state index is 0.233. The molecule has 19 heavy (non-hydrogen) atoms. The summed E-state index contributed by atoms with van der Waals surface area (Å²) in [5.41, 5.74) is 3.31. The minimum atomic E-state index is -0.534. The summed E-state index contributed by atoms with van der Waals surface area (Å²) in [5, 5.41) is 23.4. The molecule has 2 rings (SSSR count). The average Bonchev–Trinajstić information content (AvgIpc) is 2.41. The number of benzene rings is 1. The van der Waals surface area contributed by atoms with Crippen LogP contribution in [0.5, 0.6) is 5.75 Å². The number of hydrogen-bond donors (Lipinski definition) is 2. The van der Waals surface area contributed by atoms with Crippen molar-refractivity contribution in [2.75, 3.05) is 10.7 Å². The van der Waals surface area contributed by atoms with Crippen molar-refractivity contribution in [3.63, 3.8) is 0 Å². The van der Waals surface area contributed by atoms with Gasteiger partial charge < -0.3 is 10.1 Å². The van der Waals surface area contributed by atoms with Crippen LogP contribution in [0.2, 0.25) is 0 Å². The number of nitrogens with one attached hydrogen (secondary N) is 2. The molecule has 1 heterocycles. The van der Waals surface area contributed by atoms with Crippen LogP contribution in [-0.4, -0.2) is 17.7 Å². The van der Waals surface area contributed by atoms with Crippen LogP contribution in [0, 0.1) is 22.7 Å². The molecule has 0 spiro atoms. The molecule has 0 saturated heterocycles. The Morgan fingerprint density at radius 1 is 1.47 bits per heavy atom. The number of carbonyl (C=O) groups excluding carboxylic acids is 1. The normalized spacial score (nSPS) is 15.9. The molecule has 1 unspecified atom stereocenters. The van der Waals surface area contributed by atoms with Gasteiger partial charge in [-0.2, -0.15) is 15.6 Å². The zero-order valence-corrected chi connectivity index (χ0v) is 9.97. The van der Waals surface area contributed by atoms with Gasteiger partial charge in [-0.3, -0.25) is 10.2 Å². The van der Waals surface area contributed by atoms with Gasteiger partial charge in [0.15, 0.2) is 6.10 Å². The minimum Gasteiger partial charge on any atom is -0.479 e. The highest BCUT2D eigenvalue weighted by Gasteiger charge is 2.23. The van der Waals surface area contributed by atoms with Crippen molar-refractivity contribution in [2.24, 2.45) is 5.10 Å². The molecule has 1 aliphatic heterocycles. The van der Waals surface area contributed by atoms with Crippen molar-refractivity contribution in [3.05, 3.63) is 18.2 Å². The van der Waals surface area contributed by atoms with E-state index in [1.54, 1.807) is 37.3 Å². The molecule has 94 valence electrons. The number of amides is 1. The third-order valence-electron chi connectivity index (χ3n) is 2.42. The third-order valence-corrected chi connectivity index (χ3v) is 2.42. The van der Waals surface area contributed by atoms with Gasteiger partial charge in [-0.25, -0.2) is 0 Å². The number of hydrazone groups is 1. The van der Waals surface area contributed by atoms with Crippen molar-refractivity contribution in [1.82, 2.24) is 0 Å². The van der Waals surface area contributed by atoms with Crippen LogP contribution < -0.4 is 15.5 Å². The van der Waals surface area contributed by atoms with Crippen LogP contribution in [0.25, 0.3) is 0 Å². The van der Waals surface area contributed by atoms with E-state index in [1.807, 2.05) is 0 Å². The number of fused-ring (bicyclic) bond motifs is 1. The molecule has 1 atom stereocenters. The Labute approximate surface area is 109 Å². The lowest BCUT2D eigenvalue weighted by atomic mass is 10.2. The molecule has 2 N–H and O–H groups in total. The second-order valence-electron chi connectivity index (χ2n) is 3.76. The fourth-order valence-corrected chi connectivity index (χ4v) is 1.47. The molecule has 0 radical (unpaired) electrons. The number of ether oxygens (including phenoxy) is 1. The second-order valence-corrected chi connectivity index (χ2v) is 3.76. The molecule has 7 heteroatoms. The summed E-state index contributed by atoms with van der Waals surface area (Å²) in [4.78, 5) is 11.5. The summed E-state index contributed by atoms with van der Waals surface area (Å²) < 4.78 is 5.39. The molecule has 1 amide bonds. The van der Waals surface area contributed by atoms with E-state index in [4.69, 9.17) is 15.3 Å². The topological polar surface area (TPSA) is 110 Å². The van der Waals surface area contributed by atoms with Gasteiger partial charge in [0.1, 0.15) is 17.9 Å². The zero-order chi connectivity index (χ0) is 13.8.